The third kappa shape index (κ3) is 2.55. The van der Waals surface area contributed by atoms with Gasteiger partial charge in [0.15, 0.2) is 0 Å². The zero-order valence-electron chi connectivity index (χ0n) is 8.35. The molecule has 0 atom stereocenters. The van der Waals surface area contributed by atoms with E-state index in [4.69, 9.17) is 5.11 Å². The first-order valence-electron chi connectivity index (χ1n) is 4.78. The van der Waals surface area contributed by atoms with Crippen molar-refractivity contribution in [2.75, 3.05) is 0 Å². The first kappa shape index (κ1) is 11.0. The summed E-state index contributed by atoms with van der Waals surface area (Å²) in [5, 5.41) is 9.50. The summed E-state index contributed by atoms with van der Waals surface area (Å²) in [6.45, 7) is 0. The van der Waals surface area contributed by atoms with Crippen LogP contribution in [0.5, 0.6) is 0 Å². The molecule has 2 rings (SSSR count). The summed E-state index contributed by atoms with van der Waals surface area (Å²) in [5.74, 6) is -0.267. The number of carboxylic acids is 1. The van der Waals surface area contributed by atoms with E-state index >= 15 is 0 Å². The van der Waals surface area contributed by atoms with E-state index in [9.17, 15) is 4.79 Å². The van der Waals surface area contributed by atoms with Gasteiger partial charge in [-0.05, 0) is 18.2 Å². The predicted molar refractivity (Wildman–Crippen MR) is 63.2 cm³/mol. The zero-order valence-corrected chi connectivity index (χ0v) is 9.94. The average molecular weight is 281 g/mol. The number of benzene rings is 1. The minimum absolute atomic E-state index is 0.0576. The molecule has 0 amide bonds. The molecule has 0 unspecified atom stereocenters. The predicted octanol–water partition coefficient (Wildman–Crippen LogP) is 2.41. The Balaban J connectivity index is 2.30. The normalized spacial score (nSPS) is 10.6. The third-order valence-electron chi connectivity index (χ3n) is 2.15. The molecule has 16 heavy (non-hydrogen) atoms. The molecule has 0 radical (unpaired) electrons. The minimum atomic E-state index is -0.834. The minimum Gasteiger partial charge on any atom is -0.481 e. The van der Waals surface area contributed by atoms with Crippen LogP contribution < -0.4 is 0 Å². The number of halogens is 1. The van der Waals surface area contributed by atoms with E-state index in [1.54, 1.807) is 6.20 Å². The van der Waals surface area contributed by atoms with Crippen molar-refractivity contribution < 1.29 is 9.90 Å². The summed E-state index contributed by atoms with van der Waals surface area (Å²) < 4.78 is 0.974. The fourth-order valence-corrected chi connectivity index (χ4v) is 1.76. The molecule has 5 heteroatoms. The van der Waals surface area contributed by atoms with Crippen LogP contribution in [0.25, 0.3) is 10.9 Å². The van der Waals surface area contributed by atoms with Crippen LogP contribution in [-0.4, -0.2) is 21.0 Å². The van der Waals surface area contributed by atoms with E-state index in [-0.39, 0.29) is 6.42 Å². The van der Waals surface area contributed by atoms with Gasteiger partial charge in [-0.25, -0.2) is 9.97 Å². The number of aliphatic carboxylic acids is 1. The summed E-state index contributed by atoms with van der Waals surface area (Å²) in [5.41, 5.74) is 0.832. The Morgan fingerprint density at radius 2 is 2.25 bits per heavy atom. The summed E-state index contributed by atoms with van der Waals surface area (Å²) >= 11 is 3.37. The Kier molecular flexibility index (Phi) is 3.14. The molecule has 0 spiro atoms. The maximum atomic E-state index is 10.4. The van der Waals surface area contributed by atoms with Crippen molar-refractivity contribution in [3.8, 4) is 0 Å². The molecule has 1 heterocycles. The van der Waals surface area contributed by atoms with Crippen LogP contribution in [0.4, 0.5) is 0 Å². The van der Waals surface area contributed by atoms with Gasteiger partial charge >= 0.3 is 5.97 Å². The van der Waals surface area contributed by atoms with Crippen molar-refractivity contribution in [2.45, 2.75) is 12.8 Å². The van der Waals surface area contributed by atoms with Crippen LogP contribution in [-0.2, 0) is 11.2 Å². The Morgan fingerprint density at radius 3 is 3.00 bits per heavy atom. The van der Waals surface area contributed by atoms with E-state index in [0.717, 1.165) is 15.4 Å². The lowest BCUT2D eigenvalue weighted by molar-refractivity contribution is -0.137. The monoisotopic (exact) mass is 280 g/mol. The second kappa shape index (κ2) is 4.57. The molecule has 1 N–H and O–H groups in total. The molecule has 1 aromatic carbocycles. The van der Waals surface area contributed by atoms with Gasteiger partial charge in [-0.15, -0.1) is 0 Å². The molecule has 0 fully saturated rings. The highest BCUT2D eigenvalue weighted by Gasteiger charge is 2.03. The Bertz CT molecular complexity index is 542. The first-order valence-corrected chi connectivity index (χ1v) is 5.57. The van der Waals surface area contributed by atoms with Gasteiger partial charge in [-0.1, -0.05) is 15.9 Å². The van der Waals surface area contributed by atoms with Crippen LogP contribution in [0.15, 0.2) is 28.9 Å². The number of hydrogen-bond donors (Lipinski definition) is 1. The number of hydrogen-bond acceptors (Lipinski definition) is 3. The largest absolute Gasteiger partial charge is 0.481 e. The highest BCUT2D eigenvalue weighted by Crippen LogP contribution is 2.17. The fraction of sp³-hybridized carbons (Fsp3) is 0.182. The van der Waals surface area contributed by atoms with Crippen molar-refractivity contribution in [1.29, 1.82) is 0 Å². The molecule has 0 saturated carbocycles. The van der Waals surface area contributed by atoms with E-state index in [0.29, 0.717) is 12.2 Å². The summed E-state index contributed by atoms with van der Waals surface area (Å²) in [6, 6.07) is 5.71. The molecular formula is C11H9BrN2O2. The average Bonchev–Trinajstić information content (AvgIpc) is 2.26. The van der Waals surface area contributed by atoms with E-state index in [1.165, 1.54) is 0 Å². The number of aromatic nitrogens is 2. The lowest BCUT2D eigenvalue weighted by Gasteiger charge is -2.01. The van der Waals surface area contributed by atoms with Gasteiger partial charge in [0.2, 0.25) is 0 Å². The molecular weight excluding hydrogens is 272 g/mol. The van der Waals surface area contributed by atoms with Gasteiger partial charge in [0, 0.05) is 22.5 Å². The number of fused-ring (bicyclic) bond motifs is 1. The maximum absolute atomic E-state index is 10.4. The van der Waals surface area contributed by atoms with Crippen LogP contribution in [0.3, 0.4) is 0 Å². The lowest BCUT2D eigenvalue weighted by atomic mass is 10.2. The van der Waals surface area contributed by atoms with Gasteiger partial charge in [-0.2, -0.15) is 0 Å². The van der Waals surface area contributed by atoms with Gasteiger partial charge in [0.25, 0.3) is 0 Å². The fourth-order valence-electron chi connectivity index (χ4n) is 1.38. The highest BCUT2D eigenvalue weighted by atomic mass is 79.9. The Morgan fingerprint density at radius 1 is 1.44 bits per heavy atom. The van der Waals surface area contributed by atoms with Crippen molar-refractivity contribution >= 4 is 32.8 Å². The Hall–Kier alpha value is -1.49. The zero-order chi connectivity index (χ0) is 11.5. The van der Waals surface area contributed by atoms with Gasteiger partial charge in [-0.3, -0.25) is 4.79 Å². The number of nitrogens with zero attached hydrogens (tertiary/aromatic N) is 2. The standard InChI is InChI=1S/C11H9BrN2O2/c12-8-1-2-9-7(5-8)6-13-10(14-9)3-4-11(15)16/h1-2,5-6H,3-4H2,(H,15,16). The topological polar surface area (TPSA) is 63.1 Å². The third-order valence-corrected chi connectivity index (χ3v) is 2.65. The molecule has 4 nitrogen and oxygen atoms in total. The Labute approximate surface area is 100 Å². The first-order chi connectivity index (χ1) is 7.65. The summed E-state index contributed by atoms with van der Waals surface area (Å²) in [6.07, 6.45) is 2.13. The van der Waals surface area contributed by atoms with Crippen LogP contribution >= 0.6 is 15.9 Å². The molecule has 0 aliphatic carbocycles. The molecule has 2 aromatic rings. The SMILES string of the molecule is O=C(O)CCc1ncc2cc(Br)ccc2n1. The quantitative estimate of drug-likeness (QED) is 0.938. The number of aryl methyl sites for hydroxylation is 1. The molecule has 0 bridgehead atoms. The molecule has 0 aliphatic heterocycles. The lowest BCUT2D eigenvalue weighted by Crippen LogP contribution is -2.01. The highest BCUT2D eigenvalue weighted by molar-refractivity contribution is 9.10. The van der Waals surface area contributed by atoms with E-state index in [1.807, 2.05) is 18.2 Å². The van der Waals surface area contributed by atoms with Crippen molar-refractivity contribution in [1.82, 2.24) is 9.97 Å². The smallest absolute Gasteiger partial charge is 0.303 e. The van der Waals surface area contributed by atoms with Crippen molar-refractivity contribution in [3.63, 3.8) is 0 Å². The van der Waals surface area contributed by atoms with Crippen LogP contribution in [0.2, 0.25) is 0 Å². The summed E-state index contributed by atoms with van der Waals surface area (Å²) in [7, 11) is 0. The molecule has 0 saturated heterocycles. The number of rotatable bonds is 3. The van der Waals surface area contributed by atoms with Crippen molar-refractivity contribution in [2.24, 2.45) is 0 Å². The second-order valence-corrected chi connectivity index (χ2v) is 4.30. The van der Waals surface area contributed by atoms with Gasteiger partial charge in [0.1, 0.15) is 5.82 Å². The molecule has 1 aromatic heterocycles. The van der Waals surface area contributed by atoms with Crippen molar-refractivity contribution in [3.05, 3.63) is 34.7 Å². The van der Waals surface area contributed by atoms with Crippen LogP contribution in [0, 0.1) is 0 Å². The maximum Gasteiger partial charge on any atom is 0.303 e. The molecule has 0 aliphatic rings. The van der Waals surface area contributed by atoms with E-state index < -0.39 is 5.97 Å². The summed E-state index contributed by atoms with van der Waals surface area (Å²) in [4.78, 5) is 18.8. The van der Waals surface area contributed by atoms with Gasteiger partial charge < -0.3 is 5.11 Å². The number of carboxylic acid groups (broad SMARTS) is 1. The molecule has 82 valence electrons. The van der Waals surface area contributed by atoms with Crippen LogP contribution in [0.1, 0.15) is 12.2 Å². The van der Waals surface area contributed by atoms with Gasteiger partial charge in [0.05, 0.1) is 11.9 Å². The number of carbonyl (C=O) groups is 1. The second-order valence-electron chi connectivity index (χ2n) is 3.38. The van der Waals surface area contributed by atoms with E-state index in [2.05, 4.69) is 25.9 Å².